The molecule has 37 heavy (non-hydrogen) atoms. The highest BCUT2D eigenvalue weighted by Gasteiger charge is 2.23. The zero-order valence-electron chi connectivity index (χ0n) is 20.9. The van der Waals surface area contributed by atoms with Crippen molar-refractivity contribution in [3.05, 3.63) is 108 Å². The van der Waals surface area contributed by atoms with Crippen LogP contribution in [0.25, 0.3) is 16.9 Å². The summed E-state index contributed by atoms with van der Waals surface area (Å²) in [4.78, 5) is 24.5. The van der Waals surface area contributed by atoms with Crippen LogP contribution >= 0.6 is 0 Å². The first-order valence-corrected chi connectivity index (χ1v) is 12.2. The minimum Gasteiger partial charge on any atom is -0.469 e. The zero-order chi connectivity index (χ0) is 25.6. The van der Waals surface area contributed by atoms with Gasteiger partial charge in [-0.2, -0.15) is 0 Å². The number of nitrogens with zero attached hydrogens (tertiary/aromatic N) is 4. The standard InChI is InChI=1S/C29H29N5O3/c1-30-15-16-33(2)29(35)37-28-25(19-23-14-9-17-36-23)32-27-24(18-21-10-5-3-6-11-21)31-26(20-34(27)28)22-12-7-4-8-13-22/h3-14,17,20,30H,15-16,18-19H2,1-2H3. The third-order valence-electron chi connectivity index (χ3n) is 6.10. The first-order chi connectivity index (χ1) is 18.1. The zero-order valence-corrected chi connectivity index (χ0v) is 20.9. The molecule has 0 unspecified atom stereocenters. The number of likely N-dealkylation sites (N-methyl/N-ethyl adjacent to an activating group) is 2. The van der Waals surface area contributed by atoms with Crippen LogP contribution in [-0.2, 0) is 12.8 Å². The molecule has 5 rings (SSSR count). The van der Waals surface area contributed by atoms with E-state index in [-0.39, 0.29) is 0 Å². The number of amides is 1. The van der Waals surface area contributed by atoms with E-state index in [1.165, 1.54) is 4.90 Å². The lowest BCUT2D eigenvalue weighted by Gasteiger charge is -2.17. The normalized spacial score (nSPS) is 11.1. The van der Waals surface area contributed by atoms with E-state index in [2.05, 4.69) is 17.4 Å². The summed E-state index contributed by atoms with van der Waals surface area (Å²) in [6.07, 6.45) is 4.01. The second kappa shape index (κ2) is 11.1. The molecule has 0 aliphatic rings. The Morgan fingerprint density at radius 1 is 0.973 bits per heavy atom. The number of hydrogen-bond donors (Lipinski definition) is 1. The summed E-state index contributed by atoms with van der Waals surface area (Å²) >= 11 is 0. The maximum Gasteiger partial charge on any atom is 0.416 e. The van der Waals surface area contributed by atoms with Crippen LogP contribution in [-0.4, -0.2) is 52.5 Å². The van der Waals surface area contributed by atoms with Gasteiger partial charge in [0.2, 0.25) is 5.88 Å². The van der Waals surface area contributed by atoms with E-state index in [1.54, 1.807) is 13.3 Å². The highest BCUT2D eigenvalue weighted by molar-refractivity contribution is 5.71. The van der Waals surface area contributed by atoms with Crippen LogP contribution < -0.4 is 10.1 Å². The number of nitrogens with one attached hydrogen (secondary N) is 1. The molecule has 5 aromatic rings. The van der Waals surface area contributed by atoms with Crippen LogP contribution in [0.3, 0.4) is 0 Å². The molecule has 3 heterocycles. The molecule has 188 valence electrons. The number of benzene rings is 2. The molecule has 0 fully saturated rings. The van der Waals surface area contributed by atoms with E-state index in [4.69, 9.17) is 19.1 Å². The van der Waals surface area contributed by atoms with Gasteiger partial charge >= 0.3 is 6.09 Å². The molecular formula is C29H29N5O3. The third kappa shape index (κ3) is 5.54. The molecule has 1 amide bonds. The number of imidazole rings is 1. The molecule has 0 aliphatic carbocycles. The number of fused-ring (bicyclic) bond motifs is 1. The number of furan rings is 1. The van der Waals surface area contributed by atoms with Crippen LogP contribution in [0.5, 0.6) is 5.88 Å². The van der Waals surface area contributed by atoms with Gasteiger partial charge in [-0.05, 0) is 24.7 Å². The maximum absolute atomic E-state index is 13.0. The second-order valence-corrected chi connectivity index (χ2v) is 8.81. The number of aromatic nitrogens is 3. The summed E-state index contributed by atoms with van der Waals surface area (Å²) in [5.41, 5.74) is 4.88. The molecular weight excluding hydrogens is 466 g/mol. The van der Waals surface area contributed by atoms with Crippen molar-refractivity contribution in [1.82, 2.24) is 24.6 Å². The molecule has 0 atom stereocenters. The van der Waals surface area contributed by atoms with Crippen molar-refractivity contribution in [3.63, 3.8) is 0 Å². The summed E-state index contributed by atoms with van der Waals surface area (Å²) < 4.78 is 13.4. The van der Waals surface area contributed by atoms with Crippen LogP contribution in [0.2, 0.25) is 0 Å². The molecule has 0 bridgehead atoms. The maximum atomic E-state index is 13.0. The van der Waals surface area contributed by atoms with Crippen LogP contribution in [0, 0.1) is 0 Å². The van der Waals surface area contributed by atoms with Gasteiger partial charge < -0.3 is 19.4 Å². The predicted octanol–water partition coefficient (Wildman–Crippen LogP) is 4.82. The monoisotopic (exact) mass is 495 g/mol. The van der Waals surface area contributed by atoms with E-state index >= 15 is 0 Å². The molecule has 0 saturated carbocycles. The van der Waals surface area contributed by atoms with Gasteiger partial charge in [0.15, 0.2) is 5.65 Å². The van der Waals surface area contributed by atoms with Crippen LogP contribution in [0.4, 0.5) is 4.79 Å². The topological polar surface area (TPSA) is 84.9 Å². The Hall–Kier alpha value is -4.43. The lowest BCUT2D eigenvalue weighted by Crippen LogP contribution is -2.35. The van der Waals surface area contributed by atoms with Gasteiger partial charge in [0.05, 0.1) is 24.1 Å². The number of ether oxygens (including phenoxy) is 1. The quantitative estimate of drug-likeness (QED) is 0.316. The minimum absolute atomic E-state index is 0.363. The van der Waals surface area contributed by atoms with Crippen molar-refractivity contribution < 1.29 is 13.9 Å². The molecule has 8 heteroatoms. The average Bonchev–Trinajstić information content (AvgIpc) is 3.57. The molecule has 0 saturated heterocycles. The van der Waals surface area contributed by atoms with Gasteiger partial charge in [-0.25, -0.2) is 14.8 Å². The molecule has 2 aromatic carbocycles. The Kier molecular flexibility index (Phi) is 7.28. The van der Waals surface area contributed by atoms with Gasteiger partial charge in [0, 0.05) is 38.3 Å². The molecule has 0 radical (unpaired) electrons. The Bertz CT molecular complexity index is 1460. The Labute approximate surface area is 215 Å². The molecule has 1 N–H and O–H groups in total. The van der Waals surface area contributed by atoms with Gasteiger partial charge in [-0.15, -0.1) is 0 Å². The SMILES string of the molecule is CNCCN(C)C(=O)Oc1c(Cc2ccco2)nc2c(Cc3ccccc3)nc(-c3ccccc3)cn12. The fourth-order valence-corrected chi connectivity index (χ4v) is 4.12. The third-order valence-corrected chi connectivity index (χ3v) is 6.10. The van der Waals surface area contributed by atoms with E-state index < -0.39 is 6.09 Å². The first-order valence-electron chi connectivity index (χ1n) is 12.2. The summed E-state index contributed by atoms with van der Waals surface area (Å²) in [5, 5.41) is 3.05. The van der Waals surface area contributed by atoms with Gasteiger partial charge in [-0.3, -0.25) is 4.40 Å². The smallest absolute Gasteiger partial charge is 0.416 e. The molecule has 0 aliphatic heterocycles. The van der Waals surface area contributed by atoms with Crippen molar-refractivity contribution in [2.75, 3.05) is 27.2 Å². The first kappa shape index (κ1) is 24.3. The van der Waals surface area contributed by atoms with Crippen molar-refractivity contribution in [3.8, 4) is 17.1 Å². The average molecular weight is 496 g/mol. The predicted molar refractivity (Wildman–Crippen MR) is 142 cm³/mol. The van der Waals surface area contributed by atoms with Crippen molar-refractivity contribution in [2.24, 2.45) is 0 Å². The lowest BCUT2D eigenvalue weighted by molar-refractivity contribution is 0.160. The molecule has 8 nitrogen and oxygen atoms in total. The van der Waals surface area contributed by atoms with Crippen molar-refractivity contribution in [1.29, 1.82) is 0 Å². The summed E-state index contributed by atoms with van der Waals surface area (Å²) in [6, 6.07) is 23.8. The van der Waals surface area contributed by atoms with Crippen molar-refractivity contribution >= 4 is 11.7 Å². The summed E-state index contributed by atoms with van der Waals surface area (Å²) in [7, 11) is 3.56. The molecule has 3 aromatic heterocycles. The fraction of sp³-hybridized carbons (Fsp3) is 0.207. The van der Waals surface area contributed by atoms with Gasteiger partial charge in [0.1, 0.15) is 11.5 Å². The Morgan fingerprint density at radius 2 is 1.73 bits per heavy atom. The van der Waals surface area contributed by atoms with Crippen LogP contribution in [0.1, 0.15) is 22.7 Å². The van der Waals surface area contributed by atoms with Gasteiger partial charge in [0.25, 0.3) is 0 Å². The van der Waals surface area contributed by atoms with Crippen molar-refractivity contribution in [2.45, 2.75) is 12.8 Å². The highest BCUT2D eigenvalue weighted by Crippen LogP contribution is 2.29. The van der Waals surface area contributed by atoms with Gasteiger partial charge in [-0.1, -0.05) is 60.7 Å². The lowest BCUT2D eigenvalue weighted by atomic mass is 10.1. The number of hydrogen-bond acceptors (Lipinski definition) is 6. The second-order valence-electron chi connectivity index (χ2n) is 8.81. The summed E-state index contributed by atoms with van der Waals surface area (Å²) in [5.74, 6) is 1.09. The number of carbonyl (C=O) groups is 1. The number of rotatable bonds is 9. The van der Waals surface area contributed by atoms with E-state index in [0.717, 1.165) is 28.3 Å². The fourth-order valence-electron chi connectivity index (χ4n) is 4.12. The Balaban J connectivity index is 1.65. The van der Waals surface area contributed by atoms with Crippen LogP contribution in [0.15, 0.2) is 89.7 Å². The van der Waals surface area contributed by atoms with E-state index in [9.17, 15) is 4.79 Å². The summed E-state index contributed by atoms with van der Waals surface area (Å²) in [6.45, 7) is 1.16. The largest absolute Gasteiger partial charge is 0.469 e. The Morgan fingerprint density at radius 3 is 2.43 bits per heavy atom. The minimum atomic E-state index is -0.458. The van der Waals surface area contributed by atoms with E-state index in [0.29, 0.717) is 43.2 Å². The number of carbonyl (C=O) groups excluding carboxylic acids is 1. The molecule has 0 spiro atoms. The van der Waals surface area contributed by atoms with E-state index in [1.807, 2.05) is 78.3 Å². The highest BCUT2D eigenvalue weighted by atomic mass is 16.6.